The van der Waals surface area contributed by atoms with Gasteiger partial charge in [0.1, 0.15) is 0 Å². The highest BCUT2D eigenvalue weighted by Crippen LogP contribution is 2.00. The average molecular weight is 194 g/mol. The average Bonchev–Trinajstić information content (AvgIpc) is 2.03. The molecule has 66 valence electrons. The standard InChI is InChI=1S/C5H8O2.C2H6S2/c1-3-4(2)5(6)7;1-2-4-3/h3H,1-2H3,(H,6,7);3H,2H2,1H3. The van der Waals surface area contributed by atoms with Gasteiger partial charge in [0.15, 0.2) is 0 Å². The third-order valence-electron chi connectivity index (χ3n) is 0.899. The van der Waals surface area contributed by atoms with Gasteiger partial charge in [0.25, 0.3) is 0 Å². The van der Waals surface area contributed by atoms with E-state index >= 15 is 0 Å². The van der Waals surface area contributed by atoms with Crippen molar-refractivity contribution in [2.45, 2.75) is 20.8 Å². The number of rotatable bonds is 2. The maximum absolute atomic E-state index is 9.86. The quantitative estimate of drug-likeness (QED) is 0.403. The molecule has 4 heteroatoms. The van der Waals surface area contributed by atoms with E-state index in [0.717, 1.165) is 5.75 Å². The number of hydrogen-bond acceptors (Lipinski definition) is 3. The molecule has 0 aromatic carbocycles. The van der Waals surface area contributed by atoms with Crippen LogP contribution >= 0.6 is 22.5 Å². The molecule has 1 N–H and O–H groups in total. The van der Waals surface area contributed by atoms with Crippen LogP contribution < -0.4 is 0 Å². The number of carbonyl (C=O) groups is 1. The molecule has 0 atom stereocenters. The van der Waals surface area contributed by atoms with Crippen molar-refractivity contribution in [3.63, 3.8) is 0 Å². The van der Waals surface area contributed by atoms with Crippen molar-refractivity contribution >= 4 is 28.4 Å². The van der Waals surface area contributed by atoms with Gasteiger partial charge in [0, 0.05) is 11.3 Å². The molecule has 0 fully saturated rings. The maximum Gasteiger partial charge on any atom is 0.330 e. The number of carboxylic acids is 1. The molecule has 0 rings (SSSR count). The van der Waals surface area contributed by atoms with Crippen LogP contribution in [0, 0.1) is 0 Å². The third kappa shape index (κ3) is 13.0. The Hall–Kier alpha value is -0.0900. The summed E-state index contributed by atoms with van der Waals surface area (Å²) in [6, 6.07) is 0. The Kier molecular flexibility index (Phi) is 12.2. The monoisotopic (exact) mass is 194 g/mol. The van der Waals surface area contributed by atoms with Gasteiger partial charge >= 0.3 is 5.97 Å². The van der Waals surface area contributed by atoms with Gasteiger partial charge < -0.3 is 5.11 Å². The smallest absolute Gasteiger partial charge is 0.330 e. The molecule has 0 spiro atoms. The fourth-order valence-corrected chi connectivity index (χ4v) is 0.123. The lowest BCUT2D eigenvalue weighted by molar-refractivity contribution is -0.132. The highest BCUT2D eigenvalue weighted by molar-refractivity contribution is 8.68. The van der Waals surface area contributed by atoms with E-state index in [1.165, 1.54) is 0 Å². The molecule has 0 aromatic rings. The van der Waals surface area contributed by atoms with Crippen LogP contribution in [0.2, 0.25) is 0 Å². The van der Waals surface area contributed by atoms with Crippen LogP contribution in [0.5, 0.6) is 0 Å². The normalized spacial score (nSPS) is 10.0. The predicted molar refractivity (Wildman–Crippen MR) is 54.2 cm³/mol. The fraction of sp³-hybridized carbons (Fsp3) is 0.571. The van der Waals surface area contributed by atoms with Gasteiger partial charge in [0.05, 0.1) is 0 Å². The van der Waals surface area contributed by atoms with Crippen molar-refractivity contribution in [2.75, 3.05) is 5.75 Å². The van der Waals surface area contributed by atoms with E-state index < -0.39 is 5.97 Å². The van der Waals surface area contributed by atoms with E-state index in [2.05, 4.69) is 18.6 Å². The van der Waals surface area contributed by atoms with Crippen LogP contribution in [0.25, 0.3) is 0 Å². The van der Waals surface area contributed by atoms with Crippen molar-refractivity contribution in [1.82, 2.24) is 0 Å². The summed E-state index contributed by atoms with van der Waals surface area (Å²) in [4.78, 5) is 9.86. The molecule has 0 amide bonds. The summed E-state index contributed by atoms with van der Waals surface area (Å²) in [7, 11) is 1.55. The predicted octanol–water partition coefficient (Wildman–Crippen LogP) is 2.62. The van der Waals surface area contributed by atoms with Gasteiger partial charge in [-0.3, -0.25) is 0 Å². The van der Waals surface area contributed by atoms with Crippen molar-refractivity contribution in [1.29, 1.82) is 0 Å². The van der Waals surface area contributed by atoms with Crippen molar-refractivity contribution < 1.29 is 9.90 Å². The summed E-state index contributed by atoms with van der Waals surface area (Å²) in [6.45, 7) is 5.32. The van der Waals surface area contributed by atoms with Gasteiger partial charge in [-0.1, -0.05) is 23.8 Å². The highest BCUT2D eigenvalue weighted by Gasteiger charge is 1.93. The van der Waals surface area contributed by atoms with Gasteiger partial charge in [-0.15, -0.1) is 11.7 Å². The molecule has 0 saturated carbocycles. The van der Waals surface area contributed by atoms with Crippen molar-refractivity contribution in [2.24, 2.45) is 0 Å². The Bertz CT molecular complexity index is 130. The topological polar surface area (TPSA) is 37.3 Å². The minimum atomic E-state index is -0.845. The van der Waals surface area contributed by atoms with E-state index in [0.29, 0.717) is 5.57 Å². The lowest BCUT2D eigenvalue weighted by Gasteiger charge is -1.84. The van der Waals surface area contributed by atoms with E-state index in [9.17, 15) is 4.79 Å². The third-order valence-corrected chi connectivity index (χ3v) is 1.93. The highest BCUT2D eigenvalue weighted by atomic mass is 33.1. The van der Waals surface area contributed by atoms with Crippen molar-refractivity contribution in [3.05, 3.63) is 11.6 Å². The van der Waals surface area contributed by atoms with E-state index in [4.69, 9.17) is 5.11 Å². The molecule has 0 heterocycles. The van der Waals surface area contributed by atoms with Gasteiger partial charge in [0.2, 0.25) is 0 Å². The van der Waals surface area contributed by atoms with Crippen LogP contribution in [0.3, 0.4) is 0 Å². The first-order chi connectivity index (χ1) is 5.09. The summed E-state index contributed by atoms with van der Waals surface area (Å²) in [6.07, 6.45) is 1.56. The minimum Gasteiger partial charge on any atom is -0.478 e. The number of thiol groups is 1. The number of aliphatic carboxylic acids is 1. The first kappa shape index (κ1) is 13.5. The van der Waals surface area contributed by atoms with Gasteiger partial charge in [-0.25, -0.2) is 4.79 Å². The Balaban J connectivity index is 0. The number of hydrogen-bond donors (Lipinski definition) is 2. The summed E-state index contributed by atoms with van der Waals surface area (Å²) < 4.78 is 0. The number of carboxylic acid groups (broad SMARTS) is 1. The molecule has 0 aliphatic carbocycles. The lowest BCUT2D eigenvalue weighted by Crippen LogP contribution is -1.93. The van der Waals surface area contributed by atoms with Crippen molar-refractivity contribution in [3.8, 4) is 0 Å². The van der Waals surface area contributed by atoms with Gasteiger partial charge in [-0.2, -0.15) is 0 Å². The molecule has 0 radical (unpaired) electrons. The molecule has 0 aliphatic rings. The Labute approximate surface area is 76.9 Å². The Morgan fingerprint density at radius 3 is 2.09 bits per heavy atom. The molecule has 0 saturated heterocycles. The number of allylic oxidation sites excluding steroid dienone is 1. The SMILES string of the molecule is CC=C(C)C(=O)O.CCSS. The summed E-state index contributed by atoms with van der Waals surface area (Å²) in [5.41, 5.74) is 0.389. The maximum atomic E-state index is 9.86. The Morgan fingerprint density at radius 2 is 2.09 bits per heavy atom. The van der Waals surface area contributed by atoms with Crippen LogP contribution in [0.1, 0.15) is 20.8 Å². The van der Waals surface area contributed by atoms with Crippen LogP contribution in [0.15, 0.2) is 11.6 Å². The van der Waals surface area contributed by atoms with E-state index in [1.54, 1.807) is 30.7 Å². The first-order valence-electron chi connectivity index (χ1n) is 3.22. The largest absolute Gasteiger partial charge is 0.478 e. The molecule has 0 bridgehead atoms. The zero-order chi connectivity index (χ0) is 9.28. The van der Waals surface area contributed by atoms with Gasteiger partial charge in [-0.05, 0) is 13.8 Å². The lowest BCUT2D eigenvalue weighted by atomic mass is 10.3. The van der Waals surface area contributed by atoms with Crippen LogP contribution in [-0.2, 0) is 4.79 Å². The molecule has 2 nitrogen and oxygen atoms in total. The second-order valence-corrected chi connectivity index (χ2v) is 3.30. The second kappa shape index (κ2) is 9.91. The molecule has 11 heavy (non-hydrogen) atoms. The molecule has 0 aromatic heterocycles. The minimum absolute atomic E-state index is 0.389. The van der Waals surface area contributed by atoms with E-state index in [-0.39, 0.29) is 0 Å². The second-order valence-electron chi connectivity index (χ2n) is 1.69. The van der Waals surface area contributed by atoms with E-state index in [1.807, 2.05) is 0 Å². The summed E-state index contributed by atoms with van der Waals surface area (Å²) in [5.74, 6) is 0.255. The molecule has 0 unspecified atom stereocenters. The molecule has 0 aliphatic heterocycles. The first-order valence-corrected chi connectivity index (χ1v) is 5.26. The van der Waals surface area contributed by atoms with Crippen LogP contribution in [0.4, 0.5) is 0 Å². The zero-order valence-electron chi connectivity index (χ0n) is 7.00. The Morgan fingerprint density at radius 1 is 1.73 bits per heavy atom. The fourth-order valence-electron chi connectivity index (χ4n) is 0.123. The summed E-state index contributed by atoms with van der Waals surface area (Å²) >= 11 is 3.84. The summed E-state index contributed by atoms with van der Waals surface area (Å²) in [5, 5.41) is 8.11. The molecular formula is C7H14O2S2. The van der Waals surface area contributed by atoms with Crippen LogP contribution in [-0.4, -0.2) is 16.8 Å². The zero-order valence-corrected chi connectivity index (χ0v) is 8.71. The molecular weight excluding hydrogens is 180 g/mol.